The molecule has 6 aromatic rings. The second kappa shape index (κ2) is 17.4. The van der Waals surface area contributed by atoms with Crippen LogP contribution in [0.1, 0.15) is 47.2 Å². The van der Waals surface area contributed by atoms with Crippen LogP contribution in [0.5, 0.6) is 0 Å². The molecule has 0 saturated carbocycles. The Morgan fingerprint density at radius 2 is 0.868 bits per heavy atom. The molecule has 0 aliphatic heterocycles. The SMILES string of the molecule is COC(=O)[C@@H](NC(=O)[C@@H](CSC(c1ccccc1)(c1ccccc1)c1ccccc1)NC(c1ccccc1)(c1ccccc1)c1ccccc1)C(C)C. The molecule has 0 fully saturated rings. The molecular formula is C47H46N2O3S. The van der Waals surface area contributed by atoms with Gasteiger partial charge in [-0.2, -0.15) is 0 Å². The summed E-state index contributed by atoms with van der Waals surface area (Å²) >= 11 is 1.70. The molecule has 2 N–H and O–H groups in total. The first-order chi connectivity index (χ1) is 25.9. The van der Waals surface area contributed by atoms with Gasteiger partial charge in [0, 0.05) is 5.75 Å². The van der Waals surface area contributed by atoms with Crippen LogP contribution >= 0.6 is 11.8 Å². The lowest BCUT2D eigenvalue weighted by Gasteiger charge is -2.41. The van der Waals surface area contributed by atoms with E-state index in [0.717, 1.165) is 33.4 Å². The topological polar surface area (TPSA) is 67.4 Å². The number of nitrogens with one attached hydrogen (secondary N) is 2. The largest absolute Gasteiger partial charge is 0.467 e. The van der Waals surface area contributed by atoms with Crippen molar-refractivity contribution < 1.29 is 14.3 Å². The van der Waals surface area contributed by atoms with E-state index in [-0.39, 0.29) is 11.8 Å². The van der Waals surface area contributed by atoms with Gasteiger partial charge in [-0.05, 0) is 39.3 Å². The molecule has 0 unspecified atom stereocenters. The minimum absolute atomic E-state index is 0.195. The van der Waals surface area contributed by atoms with Crippen molar-refractivity contribution >= 4 is 23.6 Å². The number of hydrogen-bond donors (Lipinski definition) is 2. The third-order valence-electron chi connectivity index (χ3n) is 9.75. The Bertz CT molecular complexity index is 1830. The van der Waals surface area contributed by atoms with Crippen molar-refractivity contribution in [2.75, 3.05) is 12.9 Å². The van der Waals surface area contributed by atoms with Gasteiger partial charge in [-0.1, -0.05) is 196 Å². The highest BCUT2D eigenvalue weighted by Crippen LogP contribution is 2.49. The van der Waals surface area contributed by atoms with E-state index in [1.54, 1.807) is 11.8 Å². The van der Waals surface area contributed by atoms with Gasteiger partial charge in [-0.25, -0.2) is 4.79 Å². The van der Waals surface area contributed by atoms with Crippen molar-refractivity contribution in [1.82, 2.24) is 10.6 Å². The molecule has 0 aliphatic rings. The number of methoxy groups -OCH3 is 1. The third-order valence-corrected chi connectivity index (χ3v) is 11.4. The van der Waals surface area contributed by atoms with E-state index in [2.05, 4.69) is 120 Å². The molecule has 5 nitrogen and oxygen atoms in total. The van der Waals surface area contributed by atoms with Crippen molar-refractivity contribution in [3.05, 3.63) is 215 Å². The minimum Gasteiger partial charge on any atom is -0.467 e. The van der Waals surface area contributed by atoms with Crippen molar-refractivity contribution in [2.24, 2.45) is 5.92 Å². The van der Waals surface area contributed by atoms with Crippen molar-refractivity contribution in [2.45, 2.75) is 36.2 Å². The number of carbonyl (C=O) groups excluding carboxylic acids is 2. The van der Waals surface area contributed by atoms with Crippen molar-refractivity contribution in [3.63, 3.8) is 0 Å². The number of benzene rings is 6. The Kier molecular flexibility index (Phi) is 12.2. The molecule has 0 saturated heterocycles. The number of esters is 1. The summed E-state index contributed by atoms with van der Waals surface area (Å²) in [5.74, 6) is -0.631. The molecule has 0 radical (unpaired) electrons. The maximum absolute atomic E-state index is 15.0. The Balaban J connectivity index is 1.55. The van der Waals surface area contributed by atoms with Gasteiger partial charge in [0.15, 0.2) is 0 Å². The van der Waals surface area contributed by atoms with Gasteiger partial charge < -0.3 is 10.1 Å². The Labute approximate surface area is 317 Å². The van der Waals surface area contributed by atoms with E-state index in [4.69, 9.17) is 4.74 Å². The highest BCUT2D eigenvalue weighted by molar-refractivity contribution is 8.00. The van der Waals surface area contributed by atoms with Gasteiger partial charge in [0.2, 0.25) is 5.91 Å². The van der Waals surface area contributed by atoms with Crippen LogP contribution in [0.4, 0.5) is 0 Å². The van der Waals surface area contributed by atoms with E-state index in [0.29, 0.717) is 5.75 Å². The van der Waals surface area contributed by atoms with Gasteiger partial charge >= 0.3 is 5.97 Å². The predicted octanol–water partition coefficient (Wildman–Crippen LogP) is 8.98. The van der Waals surface area contributed by atoms with Crippen LogP contribution in [0.3, 0.4) is 0 Å². The standard InChI is InChI=1S/C47H46N2O3S/c1-35(2)43(45(51)52-3)48-44(50)42(49-46(36-22-10-4-11-23-36,37-24-12-5-13-25-37)38-26-14-6-15-27-38)34-53-47(39-28-16-7-17-29-39,40-30-18-8-19-31-40)41-32-20-9-21-33-41/h4-33,35,42-43,49H,34H2,1-3H3,(H,48,50)/t42-,43+/m1/s1. The average molecular weight is 719 g/mol. The fourth-order valence-electron chi connectivity index (χ4n) is 7.11. The molecule has 6 rings (SSSR count). The molecule has 0 aliphatic carbocycles. The van der Waals surface area contributed by atoms with E-state index in [1.165, 1.54) is 7.11 Å². The van der Waals surface area contributed by atoms with E-state index in [1.807, 2.05) is 86.6 Å². The van der Waals surface area contributed by atoms with E-state index < -0.39 is 28.3 Å². The van der Waals surface area contributed by atoms with Crippen LogP contribution < -0.4 is 10.6 Å². The first-order valence-electron chi connectivity index (χ1n) is 18.0. The quantitative estimate of drug-likeness (QED) is 0.0820. The zero-order valence-corrected chi connectivity index (χ0v) is 31.2. The summed E-state index contributed by atoms with van der Waals surface area (Å²) in [6, 6.07) is 60.5. The summed E-state index contributed by atoms with van der Waals surface area (Å²) in [4.78, 5) is 28.1. The molecule has 0 heterocycles. The molecule has 268 valence electrons. The second-order valence-electron chi connectivity index (χ2n) is 13.4. The van der Waals surface area contributed by atoms with Crippen molar-refractivity contribution in [1.29, 1.82) is 0 Å². The van der Waals surface area contributed by atoms with Crippen LogP contribution in [-0.2, 0) is 24.6 Å². The highest BCUT2D eigenvalue weighted by Gasteiger charge is 2.43. The normalized spacial score (nSPS) is 12.8. The predicted molar refractivity (Wildman–Crippen MR) is 217 cm³/mol. The van der Waals surface area contributed by atoms with E-state index in [9.17, 15) is 9.59 Å². The molecule has 1 amide bonds. The third kappa shape index (κ3) is 7.99. The monoisotopic (exact) mass is 718 g/mol. The molecule has 0 aromatic heterocycles. The zero-order valence-electron chi connectivity index (χ0n) is 30.4. The lowest BCUT2D eigenvalue weighted by Crippen LogP contribution is -2.59. The molecule has 6 heteroatoms. The lowest BCUT2D eigenvalue weighted by molar-refractivity contribution is -0.146. The van der Waals surface area contributed by atoms with Gasteiger partial charge in [-0.3, -0.25) is 10.1 Å². The number of thioether (sulfide) groups is 1. The molecule has 6 aromatic carbocycles. The summed E-state index contributed by atoms with van der Waals surface area (Å²) < 4.78 is 4.49. The summed E-state index contributed by atoms with van der Waals surface area (Å²) in [5.41, 5.74) is 5.28. The van der Waals surface area contributed by atoms with Crippen LogP contribution in [0.15, 0.2) is 182 Å². The van der Waals surface area contributed by atoms with Crippen LogP contribution in [0.25, 0.3) is 0 Å². The molecular weight excluding hydrogens is 673 g/mol. The second-order valence-corrected chi connectivity index (χ2v) is 14.6. The first kappa shape index (κ1) is 37.3. The van der Waals surface area contributed by atoms with Gasteiger partial charge in [0.05, 0.1) is 23.4 Å². The summed E-state index contributed by atoms with van der Waals surface area (Å²) in [6.07, 6.45) is 0. The van der Waals surface area contributed by atoms with Crippen LogP contribution in [0, 0.1) is 5.92 Å². The van der Waals surface area contributed by atoms with Gasteiger partial charge in [-0.15, -0.1) is 11.8 Å². The maximum Gasteiger partial charge on any atom is 0.328 e. The number of rotatable bonds is 15. The highest BCUT2D eigenvalue weighted by atomic mass is 32.2. The maximum atomic E-state index is 15.0. The number of carbonyl (C=O) groups is 2. The Hall–Kier alpha value is -5.43. The summed E-state index contributed by atoms with van der Waals surface area (Å²) in [6.45, 7) is 3.82. The van der Waals surface area contributed by atoms with E-state index >= 15 is 0 Å². The molecule has 53 heavy (non-hydrogen) atoms. The van der Waals surface area contributed by atoms with Crippen LogP contribution in [0.2, 0.25) is 0 Å². The smallest absolute Gasteiger partial charge is 0.328 e. The van der Waals surface area contributed by atoms with Crippen LogP contribution in [-0.4, -0.2) is 36.8 Å². The number of ether oxygens (including phenoxy) is 1. The fraction of sp³-hybridized carbons (Fsp3) is 0.191. The van der Waals surface area contributed by atoms with Gasteiger partial charge in [0.1, 0.15) is 6.04 Å². The summed E-state index contributed by atoms with van der Waals surface area (Å²) in [7, 11) is 1.36. The number of hydrogen-bond acceptors (Lipinski definition) is 5. The zero-order chi connectivity index (χ0) is 37.1. The number of amides is 1. The van der Waals surface area contributed by atoms with Crippen molar-refractivity contribution in [3.8, 4) is 0 Å². The fourth-order valence-corrected chi connectivity index (χ4v) is 8.67. The Morgan fingerprint density at radius 1 is 0.547 bits per heavy atom. The Morgan fingerprint density at radius 3 is 1.17 bits per heavy atom. The molecule has 0 spiro atoms. The lowest BCUT2D eigenvalue weighted by atomic mass is 9.76. The summed E-state index contributed by atoms with van der Waals surface area (Å²) in [5, 5.41) is 7.07. The minimum atomic E-state index is -0.945. The average Bonchev–Trinajstić information content (AvgIpc) is 3.23. The first-order valence-corrected chi connectivity index (χ1v) is 19.0. The molecule has 2 atom stereocenters. The van der Waals surface area contributed by atoms with Gasteiger partial charge in [0.25, 0.3) is 0 Å². The molecule has 0 bridgehead atoms.